The number of hydrogen-bond acceptors (Lipinski definition) is 5. The summed E-state index contributed by atoms with van der Waals surface area (Å²) in [5.41, 5.74) is 5.31. The van der Waals surface area contributed by atoms with E-state index in [0.29, 0.717) is 13.1 Å². The summed E-state index contributed by atoms with van der Waals surface area (Å²) in [6.07, 6.45) is 2.80. The van der Waals surface area contributed by atoms with E-state index in [0.717, 1.165) is 19.3 Å². The van der Waals surface area contributed by atoms with Crippen molar-refractivity contribution in [3.05, 3.63) is 38.9 Å². The van der Waals surface area contributed by atoms with Crippen molar-refractivity contribution in [2.24, 2.45) is 5.73 Å². The van der Waals surface area contributed by atoms with Crippen LogP contribution in [0.5, 0.6) is 0 Å². The molecule has 1 aliphatic rings. The molecule has 0 aliphatic carbocycles. The Bertz CT molecular complexity index is 668. The van der Waals surface area contributed by atoms with Crippen molar-refractivity contribution in [1.82, 2.24) is 10.2 Å². The van der Waals surface area contributed by atoms with Gasteiger partial charge in [-0.1, -0.05) is 11.6 Å². The van der Waals surface area contributed by atoms with E-state index >= 15 is 0 Å². The Balaban J connectivity index is 2.14. The summed E-state index contributed by atoms with van der Waals surface area (Å²) in [5.74, 6) is -0.470. The van der Waals surface area contributed by atoms with E-state index in [1.807, 2.05) is 0 Å². The number of nitro benzene ring substituents is 1. The van der Waals surface area contributed by atoms with Crippen molar-refractivity contribution in [2.45, 2.75) is 31.7 Å². The zero-order valence-corrected chi connectivity index (χ0v) is 14.5. The molecule has 0 radical (unpaired) electrons. The molecule has 2 amide bonds. The van der Waals surface area contributed by atoms with Crippen LogP contribution in [0, 0.1) is 10.1 Å². The number of nitro groups is 1. The van der Waals surface area contributed by atoms with E-state index in [9.17, 15) is 19.7 Å². The molecule has 0 bridgehead atoms. The Morgan fingerprint density at radius 3 is 2.80 bits per heavy atom. The third-order valence-corrected chi connectivity index (χ3v) is 4.35. The fraction of sp³-hybridized carbons (Fsp3) is 0.500. The molecule has 1 aromatic rings. The van der Waals surface area contributed by atoms with Crippen LogP contribution in [0.15, 0.2) is 18.2 Å². The van der Waals surface area contributed by atoms with E-state index in [-0.39, 0.29) is 47.1 Å². The van der Waals surface area contributed by atoms with E-state index in [2.05, 4.69) is 5.32 Å². The number of piperidine rings is 1. The van der Waals surface area contributed by atoms with Gasteiger partial charge in [-0.25, -0.2) is 0 Å². The third kappa shape index (κ3) is 5.14. The topological polar surface area (TPSA) is 119 Å². The fourth-order valence-corrected chi connectivity index (χ4v) is 3.13. The number of halogens is 1. The first kappa shape index (κ1) is 19.1. The van der Waals surface area contributed by atoms with E-state index in [1.54, 1.807) is 4.90 Å². The summed E-state index contributed by atoms with van der Waals surface area (Å²) in [4.78, 5) is 36.5. The molecule has 0 spiro atoms. The molecule has 1 fully saturated rings. The molecule has 0 aromatic heterocycles. The lowest BCUT2D eigenvalue weighted by atomic mass is 10.0. The Labute approximate surface area is 150 Å². The van der Waals surface area contributed by atoms with Crippen LogP contribution in [0.4, 0.5) is 5.69 Å². The van der Waals surface area contributed by atoms with E-state index in [1.165, 1.54) is 18.2 Å². The van der Waals surface area contributed by atoms with Gasteiger partial charge in [-0.3, -0.25) is 19.7 Å². The van der Waals surface area contributed by atoms with Crippen molar-refractivity contribution in [3.63, 3.8) is 0 Å². The first-order valence-corrected chi connectivity index (χ1v) is 8.53. The second kappa shape index (κ2) is 8.77. The largest absolute Gasteiger partial charge is 0.354 e. The van der Waals surface area contributed by atoms with Gasteiger partial charge in [0.2, 0.25) is 5.91 Å². The summed E-state index contributed by atoms with van der Waals surface area (Å²) in [7, 11) is 0. The quantitative estimate of drug-likeness (QED) is 0.585. The minimum atomic E-state index is -0.580. The smallest absolute Gasteiger partial charge is 0.271 e. The summed E-state index contributed by atoms with van der Waals surface area (Å²) in [6, 6.07) is 3.71. The summed E-state index contributed by atoms with van der Waals surface area (Å²) >= 11 is 5.91. The second-order valence-corrected chi connectivity index (χ2v) is 6.38. The zero-order valence-electron chi connectivity index (χ0n) is 13.7. The molecule has 25 heavy (non-hydrogen) atoms. The standard InChI is InChI=1S/C16H21ClN4O4/c17-12-7-11(8-14(9-12)21(24)25)16(23)20-6-2-1-3-13(20)10-19-15(22)4-5-18/h7-9,13H,1-6,10,18H2,(H,19,22). The van der Waals surface area contributed by atoms with Gasteiger partial charge in [-0.15, -0.1) is 0 Å². The highest BCUT2D eigenvalue weighted by Gasteiger charge is 2.28. The monoisotopic (exact) mass is 368 g/mol. The van der Waals surface area contributed by atoms with Crippen molar-refractivity contribution in [1.29, 1.82) is 0 Å². The number of nitrogens with two attached hydrogens (primary N) is 1. The van der Waals surface area contributed by atoms with E-state index < -0.39 is 4.92 Å². The Kier molecular flexibility index (Phi) is 6.72. The SMILES string of the molecule is NCCC(=O)NCC1CCCCN1C(=O)c1cc(Cl)cc([N+](=O)[O-])c1. The Morgan fingerprint density at radius 1 is 1.36 bits per heavy atom. The minimum Gasteiger partial charge on any atom is -0.354 e. The second-order valence-electron chi connectivity index (χ2n) is 5.95. The lowest BCUT2D eigenvalue weighted by molar-refractivity contribution is -0.384. The maximum atomic E-state index is 12.8. The first-order valence-electron chi connectivity index (χ1n) is 8.15. The first-order chi connectivity index (χ1) is 11.9. The number of benzene rings is 1. The van der Waals surface area contributed by atoms with Crippen LogP contribution in [-0.4, -0.2) is 47.3 Å². The molecule has 0 saturated carbocycles. The summed E-state index contributed by atoms with van der Waals surface area (Å²) in [6.45, 7) is 1.15. The van der Waals surface area contributed by atoms with Gasteiger partial charge in [0.25, 0.3) is 11.6 Å². The third-order valence-electron chi connectivity index (χ3n) is 4.13. The average Bonchev–Trinajstić information content (AvgIpc) is 2.59. The zero-order chi connectivity index (χ0) is 18.4. The highest BCUT2D eigenvalue weighted by atomic mass is 35.5. The molecule has 3 N–H and O–H groups in total. The highest BCUT2D eigenvalue weighted by molar-refractivity contribution is 6.31. The lowest BCUT2D eigenvalue weighted by Gasteiger charge is -2.36. The van der Waals surface area contributed by atoms with Gasteiger partial charge in [0.05, 0.1) is 4.92 Å². The van der Waals surface area contributed by atoms with Crippen LogP contribution >= 0.6 is 11.6 Å². The number of hydrogen-bond donors (Lipinski definition) is 2. The fourth-order valence-electron chi connectivity index (χ4n) is 2.90. The maximum Gasteiger partial charge on any atom is 0.271 e. The molecule has 136 valence electrons. The average molecular weight is 369 g/mol. The predicted molar refractivity (Wildman–Crippen MR) is 93.5 cm³/mol. The van der Waals surface area contributed by atoms with Gasteiger partial charge in [0, 0.05) is 54.8 Å². The van der Waals surface area contributed by atoms with Gasteiger partial charge >= 0.3 is 0 Å². The van der Waals surface area contributed by atoms with Gasteiger partial charge in [0.15, 0.2) is 0 Å². The number of carbonyl (C=O) groups is 2. The molecule has 9 heteroatoms. The molecule has 1 unspecified atom stereocenters. The number of nitrogens with one attached hydrogen (secondary N) is 1. The van der Waals surface area contributed by atoms with Crippen LogP contribution < -0.4 is 11.1 Å². The van der Waals surface area contributed by atoms with Crippen molar-refractivity contribution < 1.29 is 14.5 Å². The molecular formula is C16H21ClN4O4. The van der Waals surface area contributed by atoms with E-state index in [4.69, 9.17) is 17.3 Å². The number of non-ortho nitro benzene ring substituents is 1. The predicted octanol–water partition coefficient (Wildman–Crippen LogP) is 1.71. The number of nitrogens with zero attached hydrogens (tertiary/aromatic N) is 2. The number of carbonyl (C=O) groups excluding carboxylic acids is 2. The Hall–Kier alpha value is -2.19. The van der Waals surface area contributed by atoms with Crippen LogP contribution in [0.2, 0.25) is 5.02 Å². The van der Waals surface area contributed by atoms with Gasteiger partial charge in [0.1, 0.15) is 0 Å². The molecule has 1 atom stereocenters. The molecule has 1 aliphatic heterocycles. The Morgan fingerprint density at radius 2 is 2.12 bits per heavy atom. The molecule has 8 nitrogen and oxygen atoms in total. The molecular weight excluding hydrogens is 348 g/mol. The number of rotatable bonds is 6. The molecule has 2 rings (SSSR count). The van der Waals surface area contributed by atoms with Crippen molar-refractivity contribution in [3.8, 4) is 0 Å². The molecule has 1 heterocycles. The van der Waals surface area contributed by atoms with Gasteiger partial charge in [-0.05, 0) is 25.3 Å². The number of amides is 2. The van der Waals surface area contributed by atoms with Gasteiger partial charge < -0.3 is 16.0 Å². The van der Waals surface area contributed by atoms with Gasteiger partial charge in [-0.2, -0.15) is 0 Å². The van der Waals surface area contributed by atoms with Crippen molar-refractivity contribution >= 4 is 29.1 Å². The lowest BCUT2D eigenvalue weighted by Crippen LogP contribution is -2.49. The molecule has 1 aromatic carbocycles. The van der Waals surface area contributed by atoms with Crippen LogP contribution in [0.25, 0.3) is 0 Å². The van der Waals surface area contributed by atoms with Crippen LogP contribution in [0.1, 0.15) is 36.0 Å². The highest BCUT2D eigenvalue weighted by Crippen LogP contribution is 2.25. The van der Waals surface area contributed by atoms with Crippen LogP contribution in [0.3, 0.4) is 0 Å². The normalized spacial score (nSPS) is 17.2. The summed E-state index contributed by atoms with van der Waals surface area (Å²) in [5, 5.41) is 13.9. The number of likely N-dealkylation sites (tertiary alicyclic amines) is 1. The molecule has 1 saturated heterocycles. The maximum absolute atomic E-state index is 12.8. The summed E-state index contributed by atoms with van der Waals surface area (Å²) < 4.78 is 0. The van der Waals surface area contributed by atoms with Crippen LogP contribution in [-0.2, 0) is 4.79 Å². The van der Waals surface area contributed by atoms with Crippen molar-refractivity contribution in [2.75, 3.05) is 19.6 Å². The minimum absolute atomic E-state index is 0.141.